The fourth-order valence-electron chi connectivity index (χ4n) is 5.55. The van der Waals surface area contributed by atoms with Gasteiger partial charge in [-0.15, -0.1) is 0 Å². The van der Waals surface area contributed by atoms with E-state index in [1.165, 1.54) is 0 Å². The number of fused-ring (bicyclic) bond motifs is 1. The van der Waals surface area contributed by atoms with Crippen LogP contribution in [0.15, 0.2) is 11.3 Å². The Labute approximate surface area is 221 Å². The normalized spacial score (nSPS) is 24.0. The van der Waals surface area contributed by atoms with Gasteiger partial charge in [0.2, 0.25) is 17.6 Å². The first-order chi connectivity index (χ1) is 17.1. The lowest BCUT2D eigenvalue weighted by Crippen LogP contribution is -2.61. The second-order valence-corrected chi connectivity index (χ2v) is 13.1. The smallest absolute Gasteiger partial charge is 0.408 e. The predicted molar refractivity (Wildman–Crippen MR) is 141 cm³/mol. The summed E-state index contributed by atoms with van der Waals surface area (Å²) in [5.74, 6) is -0.417. The number of carbonyl (C=O) groups is 4. The summed E-state index contributed by atoms with van der Waals surface area (Å²) in [6, 6.07) is -2.39. The van der Waals surface area contributed by atoms with Crippen LogP contribution in [0.4, 0.5) is 4.79 Å². The second kappa shape index (κ2) is 11.0. The van der Waals surface area contributed by atoms with Gasteiger partial charge in [0.05, 0.1) is 11.7 Å². The van der Waals surface area contributed by atoms with Crippen molar-refractivity contribution in [1.82, 2.24) is 15.5 Å². The van der Waals surface area contributed by atoms with Crippen LogP contribution in [-0.2, 0) is 19.1 Å². The summed E-state index contributed by atoms with van der Waals surface area (Å²) in [5.41, 5.74) is 6.02. The molecule has 0 heterocycles. The van der Waals surface area contributed by atoms with Crippen LogP contribution in [-0.4, -0.2) is 58.9 Å². The van der Waals surface area contributed by atoms with Gasteiger partial charge >= 0.3 is 6.09 Å². The van der Waals surface area contributed by atoms with Crippen molar-refractivity contribution in [3.05, 3.63) is 11.3 Å². The molecule has 3 rings (SSSR count). The van der Waals surface area contributed by atoms with E-state index in [1.54, 1.807) is 32.6 Å². The number of nitrogens with zero attached hydrogens (tertiary/aromatic N) is 1. The van der Waals surface area contributed by atoms with Crippen molar-refractivity contribution < 1.29 is 23.9 Å². The van der Waals surface area contributed by atoms with Crippen molar-refractivity contribution in [3.63, 3.8) is 0 Å². The fraction of sp³-hybridized carbons (Fsp3) is 0.786. The number of nitrogens with one attached hydrogen (secondary N) is 2. The summed E-state index contributed by atoms with van der Waals surface area (Å²) in [7, 11) is 0. The quantitative estimate of drug-likeness (QED) is 0.473. The molecule has 0 saturated heterocycles. The predicted octanol–water partition coefficient (Wildman–Crippen LogP) is 3.41. The third-order valence-corrected chi connectivity index (χ3v) is 7.85. The van der Waals surface area contributed by atoms with Crippen molar-refractivity contribution in [3.8, 4) is 0 Å². The maximum absolute atomic E-state index is 14.0. The molecule has 3 aliphatic rings. The average Bonchev–Trinajstić information content (AvgIpc) is 3.26. The average molecular weight is 519 g/mol. The Morgan fingerprint density at radius 3 is 2.22 bits per heavy atom. The number of ketones is 1. The van der Waals surface area contributed by atoms with E-state index in [2.05, 4.69) is 10.6 Å². The Hall–Kier alpha value is -2.58. The second-order valence-electron chi connectivity index (χ2n) is 13.1. The minimum Gasteiger partial charge on any atom is -0.444 e. The molecule has 2 fully saturated rings. The highest BCUT2D eigenvalue weighted by atomic mass is 16.6. The van der Waals surface area contributed by atoms with Gasteiger partial charge in [0, 0.05) is 6.54 Å². The molecule has 3 aliphatic carbocycles. The minimum atomic E-state index is -0.897. The maximum atomic E-state index is 14.0. The molecule has 4 N–H and O–H groups in total. The third kappa shape index (κ3) is 7.05. The zero-order valence-electron chi connectivity index (χ0n) is 23.6. The van der Waals surface area contributed by atoms with Gasteiger partial charge in [-0.2, -0.15) is 0 Å². The Bertz CT molecular complexity index is 939. The standard InChI is InChI=1S/C28H46N4O5/c1-16(24(34)30-20-14-18-12-13-19(18)21(29)22(20)33)32(15-17-10-8-9-11-17)25(35)23(27(2,3)4)31-26(36)37-28(5,6)7/h16-18,20,23H,8-15,29H2,1-7H3,(H,30,34)(H,31,36)/t16-,18?,20?,23-/m1/s1. The van der Waals surface area contributed by atoms with E-state index in [-0.39, 0.29) is 35.1 Å². The topological polar surface area (TPSA) is 131 Å². The Balaban J connectivity index is 1.80. The first-order valence-corrected chi connectivity index (χ1v) is 13.7. The summed E-state index contributed by atoms with van der Waals surface area (Å²) >= 11 is 0. The van der Waals surface area contributed by atoms with Crippen LogP contribution in [0, 0.1) is 17.3 Å². The molecule has 0 aromatic carbocycles. The molecule has 0 aromatic heterocycles. The van der Waals surface area contributed by atoms with Crippen LogP contribution < -0.4 is 16.4 Å². The molecule has 208 valence electrons. The number of allylic oxidation sites excluding steroid dienone is 1. The Morgan fingerprint density at radius 2 is 1.70 bits per heavy atom. The fourth-order valence-corrected chi connectivity index (χ4v) is 5.55. The molecular formula is C28H46N4O5. The van der Waals surface area contributed by atoms with Crippen LogP contribution in [0.2, 0.25) is 0 Å². The number of nitrogens with two attached hydrogens (primary N) is 1. The van der Waals surface area contributed by atoms with Crippen LogP contribution in [0.1, 0.15) is 93.4 Å². The van der Waals surface area contributed by atoms with Crippen LogP contribution in [0.3, 0.4) is 0 Å². The SMILES string of the molecule is C[C@H](C(=O)NC1CC2CCC2=C(N)C1=O)N(CC1CCCC1)C(=O)[C@@H](NC(=O)OC(C)(C)C)C(C)(C)C. The lowest BCUT2D eigenvalue weighted by atomic mass is 9.69. The zero-order valence-corrected chi connectivity index (χ0v) is 23.6. The van der Waals surface area contributed by atoms with E-state index in [0.717, 1.165) is 44.1 Å². The van der Waals surface area contributed by atoms with Gasteiger partial charge in [0.1, 0.15) is 17.7 Å². The minimum absolute atomic E-state index is 0.237. The highest BCUT2D eigenvalue weighted by molar-refractivity contribution is 6.03. The zero-order chi connectivity index (χ0) is 27.7. The molecule has 0 bridgehead atoms. The van der Waals surface area contributed by atoms with Gasteiger partial charge in [-0.05, 0) is 82.6 Å². The van der Waals surface area contributed by atoms with E-state index in [9.17, 15) is 19.2 Å². The lowest BCUT2D eigenvalue weighted by molar-refractivity contribution is -0.144. The lowest BCUT2D eigenvalue weighted by Gasteiger charge is -2.40. The summed E-state index contributed by atoms with van der Waals surface area (Å²) in [4.78, 5) is 54.5. The Kier molecular flexibility index (Phi) is 8.64. The molecule has 37 heavy (non-hydrogen) atoms. The first-order valence-electron chi connectivity index (χ1n) is 13.7. The summed E-state index contributed by atoms with van der Waals surface area (Å²) < 4.78 is 5.43. The Morgan fingerprint density at radius 1 is 1.08 bits per heavy atom. The van der Waals surface area contributed by atoms with Crippen LogP contribution >= 0.6 is 0 Å². The van der Waals surface area contributed by atoms with Gasteiger partial charge in [-0.25, -0.2) is 4.79 Å². The molecule has 0 aliphatic heterocycles. The van der Waals surface area contributed by atoms with Crippen LogP contribution in [0.5, 0.6) is 0 Å². The van der Waals surface area contributed by atoms with Gasteiger partial charge in [0.25, 0.3) is 0 Å². The van der Waals surface area contributed by atoms with Gasteiger partial charge in [-0.1, -0.05) is 33.6 Å². The van der Waals surface area contributed by atoms with E-state index in [0.29, 0.717) is 13.0 Å². The van der Waals surface area contributed by atoms with Crippen molar-refractivity contribution in [2.75, 3.05) is 6.54 Å². The number of carbonyl (C=O) groups excluding carboxylic acids is 4. The van der Waals surface area contributed by atoms with E-state index >= 15 is 0 Å². The van der Waals surface area contributed by atoms with Gasteiger partial charge < -0.3 is 26.0 Å². The molecule has 0 radical (unpaired) electrons. The van der Waals surface area contributed by atoms with E-state index in [1.807, 2.05) is 20.8 Å². The van der Waals surface area contributed by atoms with Gasteiger partial charge in [-0.3, -0.25) is 14.4 Å². The number of alkyl carbamates (subject to hydrolysis) is 1. The first kappa shape index (κ1) is 29.0. The molecule has 9 heteroatoms. The third-order valence-electron chi connectivity index (χ3n) is 7.85. The van der Waals surface area contributed by atoms with Crippen molar-refractivity contribution in [2.24, 2.45) is 23.0 Å². The number of amides is 3. The summed E-state index contributed by atoms with van der Waals surface area (Å²) in [5, 5.41) is 5.65. The summed E-state index contributed by atoms with van der Waals surface area (Å²) in [6.07, 6.45) is 5.87. The maximum Gasteiger partial charge on any atom is 0.408 e. The molecule has 4 atom stereocenters. The van der Waals surface area contributed by atoms with Crippen LogP contribution in [0.25, 0.3) is 0 Å². The number of ether oxygens (including phenoxy) is 1. The van der Waals surface area contributed by atoms with Gasteiger partial charge in [0.15, 0.2) is 0 Å². The number of hydrogen-bond acceptors (Lipinski definition) is 6. The largest absolute Gasteiger partial charge is 0.444 e. The number of hydrogen-bond donors (Lipinski definition) is 3. The highest BCUT2D eigenvalue weighted by Gasteiger charge is 2.43. The highest BCUT2D eigenvalue weighted by Crippen LogP contribution is 2.41. The summed E-state index contributed by atoms with van der Waals surface area (Å²) in [6.45, 7) is 13.0. The number of Topliss-reactive ketones (excluding diaryl/α,β-unsaturated/α-hetero) is 1. The van der Waals surface area contributed by atoms with Crippen molar-refractivity contribution in [2.45, 2.75) is 117 Å². The molecule has 2 unspecified atom stereocenters. The molecule has 3 amide bonds. The van der Waals surface area contributed by atoms with E-state index in [4.69, 9.17) is 10.5 Å². The molecule has 9 nitrogen and oxygen atoms in total. The number of rotatable bonds is 7. The molecule has 0 spiro atoms. The van der Waals surface area contributed by atoms with E-state index < -0.39 is 35.2 Å². The molecule has 2 saturated carbocycles. The van der Waals surface area contributed by atoms with Crippen molar-refractivity contribution in [1.29, 1.82) is 0 Å². The monoisotopic (exact) mass is 518 g/mol. The molecular weight excluding hydrogens is 472 g/mol. The molecule has 0 aromatic rings. The van der Waals surface area contributed by atoms with Crippen molar-refractivity contribution >= 4 is 23.7 Å².